The molecular weight excluding hydrogens is 172 g/mol. The quantitative estimate of drug-likeness (QED) is 0.725. The Morgan fingerprint density at radius 1 is 1.43 bits per heavy atom. The topological polar surface area (TPSA) is 15.3 Å². The van der Waals surface area contributed by atoms with Crippen LogP contribution in [0.25, 0.3) is 0 Å². The Morgan fingerprint density at radius 3 is 2.71 bits per heavy atom. The molecule has 14 heavy (non-hydrogen) atoms. The molecule has 2 saturated heterocycles. The van der Waals surface area contributed by atoms with Crippen molar-refractivity contribution >= 4 is 0 Å². The molecule has 0 radical (unpaired) electrons. The lowest BCUT2D eigenvalue weighted by molar-refractivity contribution is 0.262. The normalized spacial score (nSPS) is 37.9. The smallest absolute Gasteiger partial charge is 0.0128 e. The highest BCUT2D eigenvalue weighted by molar-refractivity contribution is 4.91. The van der Waals surface area contributed by atoms with Gasteiger partial charge in [0.15, 0.2) is 0 Å². The largest absolute Gasteiger partial charge is 0.312 e. The zero-order valence-corrected chi connectivity index (χ0v) is 9.84. The summed E-state index contributed by atoms with van der Waals surface area (Å²) in [6.07, 6.45) is 5.60. The molecule has 2 aliphatic heterocycles. The number of rotatable bonds is 2. The fourth-order valence-electron chi connectivity index (χ4n) is 3.12. The van der Waals surface area contributed by atoms with E-state index in [0.29, 0.717) is 5.54 Å². The maximum absolute atomic E-state index is 3.62. The van der Waals surface area contributed by atoms with Crippen molar-refractivity contribution in [2.75, 3.05) is 20.1 Å². The first-order valence-electron chi connectivity index (χ1n) is 6.02. The summed E-state index contributed by atoms with van der Waals surface area (Å²) in [4.78, 5) is 2.55. The minimum atomic E-state index is 0.391. The molecule has 1 N–H and O–H groups in total. The maximum Gasteiger partial charge on any atom is 0.0128 e. The van der Waals surface area contributed by atoms with Crippen LogP contribution in [-0.2, 0) is 0 Å². The summed E-state index contributed by atoms with van der Waals surface area (Å²) in [5.41, 5.74) is 0.391. The van der Waals surface area contributed by atoms with Gasteiger partial charge in [-0.05, 0) is 65.6 Å². The maximum atomic E-state index is 3.62. The van der Waals surface area contributed by atoms with E-state index in [2.05, 4.69) is 31.1 Å². The molecular formula is C12H24N2. The van der Waals surface area contributed by atoms with Crippen LogP contribution in [0.15, 0.2) is 0 Å². The van der Waals surface area contributed by atoms with Crippen molar-refractivity contribution in [1.82, 2.24) is 10.2 Å². The standard InChI is InChI=1S/C12H24N2/c1-12(2)8-10(9-13-12)7-11-5-4-6-14(11)3/h10-11,13H,4-9H2,1-3H3. The van der Waals surface area contributed by atoms with Crippen LogP contribution in [0.5, 0.6) is 0 Å². The van der Waals surface area contributed by atoms with Crippen LogP contribution < -0.4 is 5.32 Å². The summed E-state index contributed by atoms with van der Waals surface area (Å²) < 4.78 is 0. The van der Waals surface area contributed by atoms with Gasteiger partial charge < -0.3 is 10.2 Å². The highest BCUT2D eigenvalue weighted by atomic mass is 15.1. The molecule has 0 aromatic carbocycles. The van der Waals surface area contributed by atoms with Crippen LogP contribution in [0.2, 0.25) is 0 Å². The molecule has 2 atom stereocenters. The average molecular weight is 196 g/mol. The van der Waals surface area contributed by atoms with Gasteiger partial charge in [-0.3, -0.25) is 0 Å². The van der Waals surface area contributed by atoms with E-state index < -0.39 is 0 Å². The van der Waals surface area contributed by atoms with E-state index in [1.807, 2.05) is 0 Å². The highest BCUT2D eigenvalue weighted by Crippen LogP contribution is 2.30. The van der Waals surface area contributed by atoms with E-state index >= 15 is 0 Å². The lowest BCUT2D eigenvalue weighted by Gasteiger charge is -2.23. The third kappa shape index (κ3) is 2.29. The van der Waals surface area contributed by atoms with Gasteiger partial charge in [-0.1, -0.05) is 0 Å². The molecule has 0 saturated carbocycles. The van der Waals surface area contributed by atoms with Crippen molar-refractivity contribution in [3.63, 3.8) is 0 Å². The van der Waals surface area contributed by atoms with Crippen LogP contribution in [-0.4, -0.2) is 36.6 Å². The van der Waals surface area contributed by atoms with Crippen LogP contribution in [0, 0.1) is 5.92 Å². The molecule has 2 unspecified atom stereocenters. The molecule has 0 spiro atoms. The third-order valence-corrected chi connectivity index (χ3v) is 3.95. The Bertz CT molecular complexity index is 200. The fourth-order valence-corrected chi connectivity index (χ4v) is 3.12. The number of nitrogens with zero attached hydrogens (tertiary/aromatic N) is 1. The predicted molar refractivity (Wildman–Crippen MR) is 60.5 cm³/mol. The van der Waals surface area contributed by atoms with Gasteiger partial charge in [0.25, 0.3) is 0 Å². The zero-order valence-electron chi connectivity index (χ0n) is 9.84. The van der Waals surface area contributed by atoms with E-state index in [9.17, 15) is 0 Å². The molecule has 0 aromatic heterocycles. The van der Waals surface area contributed by atoms with Crippen LogP contribution in [0.3, 0.4) is 0 Å². The summed E-state index contributed by atoms with van der Waals surface area (Å²) in [5, 5.41) is 3.62. The molecule has 2 nitrogen and oxygen atoms in total. The predicted octanol–water partition coefficient (Wildman–Crippen LogP) is 1.86. The monoisotopic (exact) mass is 196 g/mol. The van der Waals surface area contributed by atoms with Gasteiger partial charge in [0.05, 0.1) is 0 Å². The van der Waals surface area contributed by atoms with E-state index in [0.717, 1.165) is 12.0 Å². The Morgan fingerprint density at radius 2 is 2.21 bits per heavy atom. The van der Waals surface area contributed by atoms with Gasteiger partial charge in [0, 0.05) is 11.6 Å². The molecule has 2 fully saturated rings. The van der Waals surface area contributed by atoms with Crippen molar-refractivity contribution in [2.45, 2.75) is 51.1 Å². The molecule has 82 valence electrons. The molecule has 2 rings (SSSR count). The molecule has 0 aromatic rings. The molecule has 2 aliphatic rings. The van der Waals surface area contributed by atoms with Gasteiger partial charge >= 0.3 is 0 Å². The first-order valence-corrected chi connectivity index (χ1v) is 6.02. The van der Waals surface area contributed by atoms with Gasteiger partial charge in [-0.15, -0.1) is 0 Å². The van der Waals surface area contributed by atoms with Gasteiger partial charge in [-0.25, -0.2) is 0 Å². The van der Waals surface area contributed by atoms with E-state index in [-0.39, 0.29) is 0 Å². The highest BCUT2D eigenvalue weighted by Gasteiger charge is 2.33. The zero-order chi connectivity index (χ0) is 10.2. The van der Waals surface area contributed by atoms with Crippen LogP contribution in [0.1, 0.15) is 39.5 Å². The second-order valence-corrected chi connectivity index (χ2v) is 5.85. The van der Waals surface area contributed by atoms with Crippen molar-refractivity contribution < 1.29 is 0 Å². The molecule has 0 aliphatic carbocycles. The lowest BCUT2D eigenvalue weighted by atomic mass is 9.91. The van der Waals surface area contributed by atoms with Gasteiger partial charge in [0.1, 0.15) is 0 Å². The fraction of sp³-hybridized carbons (Fsp3) is 1.00. The van der Waals surface area contributed by atoms with Crippen molar-refractivity contribution in [2.24, 2.45) is 5.92 Å². The number of nitrogens with one attached hydrogen (secondary N) is 1. The summed E-state index contributed by atoms with van der Waals surface area (Å²) in [5.74, 6) is 0.913. The summed E-state index contributed by atoms with van der Waals surface area (Å²) in [6.45, 7) is 7.20. The Kier molecular flexibility index (Phi) is 2.85. The molecule has 0 amide bonds. The van der Waals surface area contributed by atoms with Crippen molar-refractivity contribution in [1.29, 1.82) is 0 Å². The van der Waals surface area contributed by atoms with E-state index in [1.54, 1.807) is 0 Å². The lowest BCUT2D eigenvalue weighted by Crippen LogP contribution is -2.31. The van der Waals surface area contributed by atoms with Gasteiger partial charge in [-0.2, -0.15) is 0 Å². The Hall–Kier alpha value is -0.0800. The summed E-state index contributed by atoms with van der Waals surface area (Å²) in [7, 11) is 2.28. The molecule has 2 heteroatoms. The van der Waals surface area contributed by atoms with Crippen LogP contribution >= 0.6 is 0 Å². The van der Waals surface area contributed by atoms with E-state index in [4.69, 9.17) is 0 Å². The first kappa shape index (κ1) is 10.4. The second-order valence-electron chi connectivity index (χ2n) is 5.85. The Labute approximate surface area is 88.1 Å². The van der Waals surface area contributed by atoms with Crippen molar-refractivity contribution in [3.05, 3.63) is 0 Å². The number of hydrogen-bond donors (Lipinski definition) is 1. The summed E-state index contributed by atoms with van der Waals surface area (Å²) in [6, 6.07) is 0.871. The average Bonchev–Trinajstić information content (AvgIpc) is 2.61. The summed E-state index contributed by atoms with van der Waals surface area (Å²) >= 11 is 0. The molecule has 2 heterocycles. The minimum Gasteiger partial charge on any atom is -0.312 e. The molecule has 0 bridgehead atoms. The number of hydrogen-bond acceptors (Lipinski definition) is 2. The van der Waals surface area contributed by atoms with Gasteiger partial charge in [0.2, 0.25) is 0 Å². The van der Waals surface area contributed by atoms with Crippen LogP contribution in [0.4, 0.5) is 0 Å². The number of likely N-dealkylation sites (tertiary alicyclic amines) is 1. The Balaban J connectivity index is 1.81. The second kappa shape index (κ2) is 3.82. The van der Waals surface area contributed by atoms with Crippen molar-refractivity contribution in [3.8, 4) is 0 Å². The third-order valence-electron chi connectivity index (χ3n) is 3.95. The van der Waals surface area contributed by atoms with E-state index in [1.165, 1.54) is 38.8 Å². The minimum absolute atomic E-state index is 0.391. The first-order chi connectivity index (χ1) is 6.57. The SMILES string of the molecule is CN1CCCC1CC1CNC(C)(C)C1.